The predicted molar refractivity (Wildman–Crippen MR) is 70.1 cm³/mol. The first kappa shape index (κ1) is 14.4. The van der Waals surface area contributed by atoms with Crippen molar-refractivity contribution >= 4 is 11.8 Å². The van der Waals surface area contributed by atoms with E-state index < -0.39 is 5.97 Å². The molecule has 0 radical (unpaired) electrons. The Labute approximate surface area is 107 Å². The Morgan fingerprint density at radius 2 is 2.11 bits per heavy atom. The monoisotopic (exact) mass is 252 g/mol. The molecule has 0 aliphatic heterocycles. The fourth-order valence-electron chi connectivity index (χ4n) is 1.81. The maximum atomic E-state index is 10.9. The van der Waals surface area contributed by atoms with E-state index in [-0.39, 0.29) is 18.2 Å². The quantitative estimate of drug-likeness (QED) is 0.806. The van der Waals surface area contributed by atoms with Gasteiger partial charge >= 0.3 is 5.97 Å². The molecule has 2 N–H and O–H groups in total. The molecule has 1 rings (SSSR count). The highest BCUT2D eigenvalue weighted by Crippen LogP contribution is 2.17. The highest BCUT2D eigenvalue weighted by atomic mass is 16.4. The van der Waals surface area contributed by atoms with Crippen LogP contribution in [0, 0.1) is 6.92 Å². The molecule has 0 bridgehead atoms. The second-order valence-corrected chi connectivity index (χ2v) is 4.47. The molecule has 0 spiro atoms. The van der Waals surface area contributed by atoms with E-state index in [9.17, 15) is 4.79 Å². The van der Waals surface area contributed by atoms with Gasteiger partial charge in [-0.25, -0.2) is 9.78 Å². The van der Waals surface area contributed by atoms with Crippen molar-refractivity contribution in [3.05, 3.63) is 23.4 Å². The molecule has 100 valence electrons. The molecule has 18 heavy (non-hydrogen) atoms. The van der Waals surface area contributed by atoms with Crippen LogP contribution in [0.5, 0.6) is 0 Å². The molecule has 0 unspecified atom stereocenters. The molecule has 1 heterocycles. The van der Waals surface area contributed by atoms with Crippen molar-refractivity contribution in [1.82, 2.24) is 4.98 Å². The number of carbonyl (C=O) groups is 1. The van der Waals surface area contributed by atoms with Crippen LogP contribution in [-0.2, 0) is 0 Å². The maximum Gasteiger partial charge on any atom is 0.337 e. The van der Waals surface area contributed by atoms with Crippen molar-refractivity contribution in [3.8, 4) is 0 Å². The highest BCUT2D eigenvalue weighted by molar-refractivity contribution is 5.89. The van der Waals surface area contributed by atoms with Crippen LogP contribution < -0.4 is 4.90 Å². The number of aromatic nitrogens is 1. The number of carboxylic acids is 1. The minimum Gasteiger partial charge on any atom is -0.478 e. The summed E-state index contributed by atoms with van der Waals surface area (Å²) in [6.45, 7) is 6.61. The zero-order chi connectivity index (χ0) is 13.7. The molecular weight excluding hydrogens is 232 g/mol. The molecule has 5 heteroatoms. The standard InChI is InChI=1S/C13H20N2O3/c1-9(2)15(7-4-8-16)12-6-5-11(13(17)18)10(3)14-12/h5-6,9,16H,4,7-8H2,1-3H3,(H,17,18). The van der Waals surface area contributed by atoms with Gasteiger partial charge in [0.15, 0.2) is 0 Å². The molecule has 5 nitrogen and oxygen atoms in total. The third-order valence-electron chi connectivity index (χ3n) is 2.78. The number of nitrogens with zero attached hydrogens (tertiary/aromatic N) is 2. The summed E-state index contributed by atoms with van der Waals surface area (Å²) in [6.07, 6.45) is 0.666. The minimum absolute atomic E-state index is 0.134. The summed E-state index contributed by atoms with van der Waals surface area (Å²) in [5, 5.41) is 17.8. The van der Waals surface area contributed by atoms with Crippen molar-refractivity contribution in [2.75, 3.05) is 18.1 Å². The van der Waals surface area contributed by atoms with Crippen molar-refractivity contribution in [2.45, 2.75) is 33.2 Å². The van der Waals surface area contributed by atoms with Crippen LogP contribution in [0.4, 0.5) is 5.82 Å². The second-order valence-electron chi connectivity index (χ2n) is 4.47. The number of carboxylic acid groups (broad SMARTS) is 1. The Hall–Kier alpha value is -1.62. The van der Waals surface area contributed by atoms with E-state index in [4.69, 9.17) is 10.2 Å². The number of hydrogen-bond donors (Lipinski definition) is 2. The first-order valence-electron chi connectivity index (χ1n) is 6.05. The average molecular weight is 252 g/mol. The molecule has 0 amide bonds. The molecule has 0 saturated heterocycles. The summed E-state index contributed by atoms with van der Waals surface area (Å²) in [5.74, 6) is -0.209. The Morgan fingerprint density at radius 3 is 2.56 bits per heavy atom. The normalized spacial score (nSPS) is 10.7. The van der Waals surface area contributed by atoms with Crippen LogP contribution in [-0.4, -0.2) is 40.4 Å². The van der Waals surface area contributed by atoms with Crippen LogP contribution in [0.25, 0.3) is 0 Å². The Kier molecular flexibility index (Phi) is 5.09. The van der Waals surface area contributed by atoms with E-state index in [1.54, 1.807) is 19.1 Å². The molecule has 1 aromatic heterocycles. The van der Waals surface area contributed by atoms with Gasteiger partial charge < -0.3 is 15.1 Å². The first-order chi connectivity index (χ1) is 8.47. The zero-order valence-electron chi connectivity index (χ0n) is 11.1. The minimum atomic E-state index is -0.960. The van der Waals surface area contributed by atoms with Crippen molar-refractivity contribution in [1.29, 1.82) is 0 Å². The molecule has 0 aliphatic rings. The summed E-state index contributed by atoms with van der Waals surface area (Å²) in [5.41, 5.74) is 0.735. The topological polar surface area (TPSA) is 73.7 Å². The van der Waals surface area contributed by atoms with Gasteiger partial charge in [0.05, 0.1) is 11.3 Å². The Morgan fingerprint density at radius 1 is 1.44 bits per heavy atom. The Bertz CT molecular complexity index is 419. The van der Waals surface area contributed by atoms with E-state index in [2.05, 4.69) is 9.88 Å². The van der Waals surface area contributed by atoms with Gasteiger partial charge in [0.25, 0.3) is 0 Å². The number of aliphatic hydroxyl groups is 1. The zero-order valence-corrected chi connectivity index (χ0v) is 11.1. The first-order valence-corrected chi connectivity index (χ1v) is 6.05. The lowest BCUT2D eigenvalue weighted by atomic mass is 10.2. The highest BCUT2D eigenvalue weighted by Gasteiger charge is 2.14. The van der Waals surface area contributed by atoms with Crippen molar-refractivity contribution in [3.63, 3.8) is 0 Å². The average Bonchev–Trinajstić information content (AvgIpc) is 2.28. The number of aromatic carboxylic acids is 1. The number of rotatable bonds is 6. The van der Waals surface area contributed by atoms with Crippen LogP contribution in [0.2, 0.25) is 0 Å². The van der Waals surface area contributed by atoms with Gasteiger partial charge in [0.1, 0.15) is 5.82 Å². The van der Waals surface area contributed by atoms with E-state index in [0.717, 1.165) is 5.82 Å². The number of hydrogen-bond acceptors (Lipinski definition) is 4. The molecule has 0 atom stereocenters. The van der Waals surface area contributed by atoms with Crippen LogP contribution in [0.1, 0.15) is 36.3 Å². The third kappa shape index (κ3) is 3.43. The summed E-state index contributed by atoms with van der Waals surface area (Å²) < 4.78 is 0. The molecule has 1 aromatic rings. The lowest BCUT2D eigenvalue weighted by Crippen LogP contribution is -2.33. The van der Waals surface area contributed by atoms with E-state index >= 15 is 0 Å². The molecular formula is C13H20N2O3. The lowest BCUT2D eigenvalue weighted by Gasteiger charge is -2.28. The van der Waals surface area contributed by atoms with Crippen molar-refractivity contribution in [2.24, 2.45) is 0 Å². The van der Waals surface area contributed by atoms with Gasteiger partial charge in [-0.1, -0.05) is 0 Å². The second kappa shape index (κ2) is 6.35. The molecule has 0 fully saturated rings. The summed E-state index contributed by atoms with van der Waals surface area (Å²) in [7, 11) is 0. The summed E-state index contributed by atoms with van der Waals surface area (Å²) >= 11 is 0. The Balaban J connectivity index is 2.99. The van der Waals surface area contributed by atoms with Crippen LogP contribution >= 0.6 is 0 Å². The van der Waals surface area contributed by atoms with Crippen LogP contribution in [0.15, 0.2) is 12.1 Å². The van der Waals surface area contributed by atoms with E-state index in [0.29, 0.717) is 18.7 Å². The van der Waals surface area contributed by atoms with Gasteiger partial charge in [-0.15, -0.1) is 0 Å². The molecule has 0 aromatic carbocycles. The van der Waals surface area contributed by atoms with E-state index in [1.807, 2.05) is 13.8 Å². The van der Waals surface area contributed by atoms with Gasteiger partial charge in [-0.3, -0.25) is 0 Å². The number of pyridine rings is 1. The van der Waals surface area contributed by atoms with Gasteiger partial charge in [-0.05, 0) is 39.3 Å². The fourth-order valence-corrected chi connectivity index (χ4v) is 1.81. The summed E-state index contributed by atoms with van der Waals surface area (Å²) in [4.78, 5) is 17.3. The van der Waals surface area contributed by atoms with E-state index in [1.165, 1.54) is 0 Å². The lowest BCUT2D eigenvalue weighted by molar-refractivity contribution is 0.0695. The molecule has 0 saturated carbocycles. The van der Waals surface area contributed by atoms with Gasteiger partial charge in [-0.2, -0.15) is 0 Å². The largest absolute Gasteiger partial charge is 0.478 e. The van der Waals surface area contributed by atoms with Gasteiger partial charge in [0, 0.05) is 19.2 Å². The fraction of sp³-hybridized carbons (Fsp3) is 0.538. The number of anilines is 1. The number of aliphatic hydroxyl groups excluding tert-OH is 1. The van der Waals surface area contributed by atoms with Gasteiger partial charge in [0.2, 0.25) is 0 Å². The van der Waals surface area contributed by atoms with Crippen molar-refractivity contribution < 1.29 is 15.0 Å². The van der Waals surface area contributed by atoms with Crippen LogP contribution in [0.3, 0.4) is 0 Å². The third-order valence-corrected chi connectivity index (χ3v) is 2.78. The maximum absolute atomic E-state index is 10.9. The number of aryl methyl sites for hydroxylation is 1. The molecule has 0 aliphatic carbocycles. The SMILES string of the molecule is Cc1nc(N(CCCO)C(C)C)ccc1C(=O)O. The smallest absolute Gasteiger partial charge is 0.337 e. The summed E-state index contributed by atoms with van der Waals surface area (Å²) in [6, 6.07) is 3.54. The predicted octanol–water partition coefficient (Wildman–Crippen LogP) is 1.69.